The Hall–Kier alpha value is -2.50. The van der Waals surface area contributed by atoms with Crippen LogP contribution in [0.5, 0.6) is 5.75 Å². The van der Waals surface area contributed by atoms with Crippen LogP contribution in [-0.4, -0.2) is 50.2 Å². The number of hydrogen-bond donors (Lipinski definition) is 2. The number of hydrogen-bond acceptors (Lipinski definition) is 3. The Balaban J connectivity index is 0.00000512. The Kier molecular flexibility index (Phi) is 11.3. The van der Waals surface area contributed by atoms with E-state index in [9.17, 15) is 18.0 Å². The van der Waals surface area contributed by atoms with E-state index in [1.165, 1.54) is 17.0 Å². The van der Waals surface area contributed by atoms with E-state index in [0.29, 0.717) is 5.96 Å². The molecule has 2 N–H and O–H groups in total. The molecule has 0 saturated heterocycles. The van der Waals surface area contributed by atoms with Gasteiger partial charge in [0.05, 0.1) is 19.1 Å². The largest absolute Gasteiger partial charge is 0.484 e. The van der Waals surface area contributed by atoms with Crippen LogP contribution < -0.4 is 15.4 Å². The molecule has 2 rings (SSSR count). The minimum atomic E-state index is -4.38. The third-order valence-corrected chi connectivity index (χ3v) is 4.30. The molecule has 0 aliphatic carbocycles. The Morgan fingerprint density at radius 3 is 2.28 bits per heavy atom. The molecule has 6 nitrogen and oxygen atoms in total. The van der Waals surface area contributed by atoms with Gasteiger partial charge in [-0.25, -0.2) is 4.99 Å². The SMILES string of the molecule is CC(NC(=NCc1ccc(OCC(F)(F)F)cc1)NCC(=O)N(C)C)c1ccccc1.I. The predicted octanol–water partition coefficient (Wildman–Crippen LogP) is 4.13. The Morgan fingerprint density at radius 1 is 1.09 bits per heavy atom. The standard InChI is InChI=1S/C22H27F3N4O2.HI/c1-16(18-7-5-4-6-8-18)28-21(27-14-20(30)29(2)3)26-13-17-9-11-19(12-10-17)31-15-22(23,24)25;/h4-12,16H,13-15H2,1-3H3,(H2,26,27,28);1H. The topological polar surface area (TPSA) is 66.0 Å². The van der Waals surface area contributed by atoms with Crippen LogP contribution in [0, 0.1) is 0 Å². The summed E-state index contributed by atoms with van der Waals surface area (Å²) < 4.78 is 41.5. The van der Waals surface area contributed by atoms with E-state index < -0.39 is 12.8 Å². The number of likely N-dealkylation sites (N-methyl/N-ethyl adjacent to an activating group) is 1. The summed E-state index contributed by atoms with van der Waals surface area (Å²) in [5.74, 6) is 0.479. The van der Waals surface area contributed by atoms with Crippen molar-refractivity contribution in [3.05, 3.63) is 65.7 Å². The van der Waals surface area contributed by atoms with Crippen molar-refractivity contribution in [1.29, 1.82) is 0 Å². The summed E-state index contributed by atoms with van der Waals surface area (Å²) in [6.45, 7) is 0.990. The lowest BCUT2D eigenvalue weighted by Crippen LogP contribution is -2.43. The van der Waals surface area contributed by atoms with Gasteiger partial charge < -0.3 is 20.3 Å². The summed E-state index contributed by atoms with van der Waals surface area (Å²) in [5.41, 5.74) is 1.84. The first kappa shape index (κ1) is 27.5. The maximum absolute atomic E-state index is 12.3. The highest BCUT2D eigenvalue weighted by atomic mass is 127. The Labute approximate surface area is 203 Å². The molecule has 1 amide bonds. The number of benzene rings is 2. The second-order valence-electron chi connectivity index (χ2n) is 7.13. The van der Waals surface area contributed by atoms with Crippen LogP contribution in [0.3, 0.4) is 0 Å². The van der Waals surface area contributed by atoms with E-state index in [-0.39, 0.29) is 54.8 Å². The van der Waals surface area contributed by atoms with Crippen LogP contribution in [0.1, 0.15) is 24.1 Å². The van der Waals surface area contributed by atoms with Gasteiger partial charge in [0.25, 0.3) is 0 Å². The molecular weight excluding hydrogens is 536 g/mol. The van der Waals surface area contributed by atoms with Gasteiger partial charge in [-0.3, -0.25) is 4.79 Å². The second kappa shape index (κ2) is 13.1. The monoisotopic (exact) mass is 564 g/mol. The summed E-state index contributed by atoms with van der Waals surface area (Å²) in [5, 5.41) is 6.28. The number of carbonyl (C=O) groups excluding carboxylic acids is 1. The van der Waals surface area contributed by atoms with E-state index in [1.54, 1.807) is 26.2 Å². The summed E-state index contributed by atoms with van der Waals surface area (Å²) in [4.78, 5) is 17.9. The zero-order valence-electron chi connectivity index (χ0n) is 18.1. The van der Waals surface area contributed by atoms with Gasteiger partial charge >= 0.3 is 6.18 Å². The molecule has 2 aromatic rings. The predicted molar refractivity (Wildman–Crippen MR) is 129 cm³/mol. The molecule has 1 atom stereocenters. The molecule has 2 aromatic carbocycles. The number of nitrogens with zero attached hydrogens (tertiary/aromatic N) is 2. The van der Waals surface area contributed by atoms with E-state index in [1.807, 2.05) is 37.3 Å². The third-order valence-electron chi connectivity index (χ3n) is 4.30. The molecule has 0 heterocycles. The zero-order valence-corrected chi connectivity index (χ0v) is 20.5. The highest BCUT2D eigenvalue weighted by molar-refractivity contribution is 14.0. The summed E-state index contributed by atoms with van der Waals surface area (Å²) in [6, 6.07) is 16.0. The molecule has 0 bridgehead atoms. The van der Waals surface area contributed by atoms with Crippen LogP contribution in [-0.2, 0) is 11.3 Å². The average Bonchev–Trinajstić information content (AvgIpc) is 2.74. The van der Waals surface area contributed by atoms with E-state index in [0.717, 1.165) is 11.1 Å². The van der Waals surface area contributed by atoms with Crippen LogP contribution in [0.4, 0.5) is 13.2 Å². The molecule has 10 heteroatoms. The second-order valence-corrected chi connectivity index (χ2v) is 7.13. The Bertz CT molecular complexity index is 860. The fraction of sp³-hybridized carbons (Fsp3) is 0.364. The van der Waals surface area contributed by atoms with Gasteiger partial charge in [-0.05, 0) is 30.2 Å². The molecule has 0 aliphatic rings. The van der Waals surface area contributed by atoms with Gasteiger partial charge in [-0.2, -0.15) is 13.2 Å². The van der Waals surface area contributed by atoms with Crippen molar-refractivity contribution in [3.63, 3.8) is 0 Å². The fourth-order valence-corrected chi connectivity index (χ4v) is 2.53. The number of alkyl halides is 3. The lowest BCUT2D eigenvalue weighted by atomic mass is 10.1. The molecule has 0 spiro atoms. The first-order valence-electron chi connectivity index (χ1n) is 9.72. The number of halogens is 4. The Morgan fingerprint density at radius 2 is 1.72 bits per heavy atom. The molecule has 0 aromatic heterocycles. The smallest absolute Gasteiger partial charge is 0.422 e. The molecule has 0 saturated carbocycles. The molecule has 1 unspecified atom stereocenters. The maximum atomic E-state index is 12.3. The van der Waals surface area contributed by atoms with Crippen molar-refractivity contribution in [2.24, 2.45) is 4.99 Å². The molecule has 0 fully saturated rings. The maximum Gasteiger partial charge on any atom is 0.422 e. The number of amides is 1. The summed E-state index contributed by atoms with van der Waals surface area (Å²) in [7, 11) is 3.34. The summed E-state index contributed by atoms with van der Waals surface area (Å²) in [6.07, 6.45) is -4.38. The van der Waals surface area contributed by atoms with Crippen molar-refractivity contribution >= 4 is 35.8 Å². The van der Waals surface area contributed by atoms with Crippen molar-refractivity contribution in [1.82, 2.24) is 15.5 Å². The highest BCUT2D eigenvalue weighted by Crippen LogP contribution is 2.19. The number of ether oxygens (including phenoxy) is 1. The van der Waals surface area contributed by atoms with Crippen molar-refractivity contribution in [2.45, 2.75) is 25.7 Å². The third kappa shape index (κ3) is 10.2. The molecule has 32 heavy (non-hydrogen) atoms. The number of rotatable bonds is 8. The van der Waals surface area contributed by atoms with Gasteiger partial charge in [-0.1, -0.05) is 42.5 Å². The molecular formula is C22H28F3IN4O2. The van der Waals surface area contributed by atoms with Crippen molar-refractivity contribution in [2.75, 3.05) is 27.2 Å². The zero-order chi connectivity index (χ0) is 22.9. The summed E-state index contributed by atoms with van der Waals surface area (Å²) >= 11 is 0. The van der Waals surface area contributed by atoms with E-state index in [2.05, 4.69) is 15.6 Å². The average molecular weight is 564 g/mol. The number of guanidine groups is 1. The minimum absolute atomic E-state index is 0. The highest BCUT2D eigenvalue weighted by Gasteiger charge is 2.28. The van der Waals surface area contributed by atoms with Gasteiger partial charge in [0.15, 0.2) is 12.6 Å². The quantitative estimate of drug-likeness (QED) is 0.288. The molecule has 0 radical (unpaired) electrons. The fourth-order valence-electron chi connectivity index (χ4n) is 2.53. The minimum Gasteiger partial charge on any atom is -0.484 e. The van der Waals surface area contributed by atoms with Crippen LogP contribution >= 0.6 is 24.0 Å². The normalized spacial score (nSPS) is 12.4. The molecule has 176 valence electrons. The number of aliphatic imine (C=N–C) groups is 1. The van der Waals surface area contributed by atoms with Gasteiger partial charge in [0.1, 0.15) is 5.75 Å². The first-order chi connectivity index (χ1) is 14.6. The van der Waals surface area contributed by atoms with Crippen LogP contribution in [0.2, 0.25) is 0 Å². The first-order valence-corrected chi connectivity index (χ1v) is 9.72. The molecule has 0 aliphatic heterocycles. The number of nitrogens with one attached hydrogen (secondary N) is 2. The van der Waals surface area contributed by atoms with Gasteiger partial charge in [0.2, 0.25) is 5.91 Å². The number of carbonyl (C=O) groups is 1. The van der Waals surface area contributed by atoms with Crippen molar-refractivity contribution < 1.29 is 22.7 Å². The van der Waals surface area contributed by atoms with Crippen molar-refractivity contribution in [3.8, 4) is 5.75 Å². The lowest BCUT2D eigenvalue weighted by Gasteiger charge is -2.19. The lowest BCUT2D eigenvalue weighted by molar-refractivity contribution is -0.153. The van der Waals surface area contributed by atoms with Gasteiger partial charge in [0, 0.05) is 14.1 Å². The van der Waals surface area contributed by atoms with Crippen LogP contribution in [0.25, 0.3) is 0 Å². The van der Waals surface area contributed by atoms with Crippen LogP contribution in [0.15, 0.2) is 59.6 Å². The van der Waals surface area contributed by atoms with E-state index >= 15 is 0 Å². The van der Waals surface area contributed by atoms with Gasteiger partial charge in [-0.15, -0.1) is 24.0 Å². The van der Waals surface area contributed by atoms with E-state index in [4.69, 9.17) is 4.74 Å².